The maximum absolute atomic E-state index is 12.6. The highest BCUT2D eigenvalue weighted by Crippen LogP contribution is 2.64. The van der Waals surface area contributed by atoms with Crippen molar-refractivity contribution in [1.82, 2.24) is 0 Å². The number of hydrogen-bond acceptors (Lipinski definition) is 18. The summed E-state index contributed by atoms with van der Waals surface area (Å²) in [6.45, 7) is 31.4. The third-order valence-electron chi connectivity index (χ3n) is 24.8. The van der Waals surface area contributed by atoms with Crippen molar-refractivity contribution < 1.29 is 75.4 Å². The van der Waals surface area contributed by atoms with Crippen molar-refractivity contribution in [2.24, 2.45) is 84.6 Å². The maximum atomic E-state index is 12.6. The molecule has 0 saturated heterocycles. The molecule has 0 aromatic heterocycles. The summed E-state index contributed by atoms with van der Waals surface area (Å²) < 4.78 is 58.3. The third kappa shape index (κ3) is 27.7. The van der Waals surface area contributed by atoms with Crippen LogP contribution in [0.25, 0.3) is 0 Å². The predicted molar refractivity (Wildman–Crippen MR) is 401 cm³/mol. The largest absolute Gasteiger partial charge is 0.469 e. The Morgan fingerprint density at radius 1 is 0.441 bits per heavy atom. The van der Waals surface area contributed by atoms with Gasteiger partial charge in [0.2, 0.25) is 15.9 Å². The second-order valence-electron chi connectivity index (χ2n) is 36.0. The Kier molecular flexibility index (Phi) is 36.0. The van der Waals surface area contributed by atoms with E-state index in [1.807, 2.05) is 104 Å². The Morgan fingerprint density at radius 2 is 0.657 bits per heavy atom. The van der Waals surface area contributed by atoms with Crippen molar-refractivity contribution in [1.29, 1.82) is 5.26 Å². The number of nitrogens with two attached hydrogens (primary N) is 3. The summed E-state index contributed by atoms with van der Waals surface area (Å²) in [7, 11) is -0.334. The van der Waals surface area contributed by atoms with Gasteiger partial charge >= 0.3 is 29.8 Å². The molecule has 21 heteroatoms. The summed E-state index contributed by atoms with van der Waals surface area (Å²) >= 11 is 0. The number of aliphatic hydroxyl groups excluding tert-OH is 1. The van der Waals surface area contributed by atoms with E-state index in [4.69, 9.17) is 45.5 Å². The van der Waals surface area contributed by atoms with Gasteiger partial charge in [-0.25, -0.2) is 13.6 Å². The zero-order valence-corrected chi connectivity index (χ0v) is 68.3. The smallest absolute Gasteiger partial charge is 0.312 e. The molecule has 14 aliphatic carbocycles. The first-order valence-electron chi connectivity index (χ1n) is 39.4. The van der Waals surface area contributed by atoms with Gasteiger partial charge in [0.25, 0.3) is 0 Å². The molecule has 7 N–H and O–H groups in total. The number of nitriles is 1. The van der Waals surface area contributed by atoms with Gasteiger partial charge in [-0.2, -0.15) is 5.26 Å². The standard InChI is InChI=1S/C18H30O4.C17H29NO3.C17H27NO3.2C7H14O2.2C6H12.C2H3N.CH5NO2S/c1-4-16(2,3)15(20)22-18-10-13-7-14(11-18)9-17(8-13,12-18)21-6-5-19;1-4-15(2,3)14(19)21-17-8-12-5-13(9-17)7-16(6-12,10-17)20-11-18;1-4-15(2,3)14(20)21-17-8-11-5-12(9-17)7-16(6-11,10-17)13(18)19;2*1-5-7(2,3)6(8)9-4;2*1-2-4-6-5-3-1;1-2-3;1-5(2,3)4/h13-14,19H,4-12H2,1-3H3;12-13H,4-11,18H2,1-3H3;11-12H,4-10H2,1-3H3,(H2,18,19);2*5H2,1-4H3;2*1-6H2;1H3;1H3,(H2,2,3,4). The molecule has 0 aliphatic heterocycles. The Bertz CT molecular complexity index is 2690. The highest BCUT2D eigenvalue weighted by Gasteiger charge is 2.64. The van der Waals surface area contributed by atoms with Crippen LogP contribution in [0.2, 0.25) is 0 Å². The minimum atomic E-state index is -3.17. The number of carbonyl (C=O) groups is 6. The molecule has 6 unspecified atom stereocenters. The van der Waals surface area contributed by atoms with E-state index in [0.29, 0.717) is 48.5 Å². The number of sulfonamides is 1. The van der Waals surface area contributed by atoms with Gasteiger partial charge in [-0.3, -0.25) is 28.8 Å². The molecule has 0 radical (unpaired) electrons. The fraction of sp³-hybridized carbons (Fsp3) is 0.914. The lowest BCUT2D eigenvalue weighted by Gasteiger charge is -2.61. The van der Waals surface area contributed by atoms with E-state index in [1.165, 1.54) is 117 Å². The molecule has 102 heavy (non-hydrogen) atoms. The quantitative estimate of drug-likeness (QED) is 0.0530. The van der Waals surface area contributed by atoms with Crippen molar-refractivity contribution in [2.45, 2.75) is 364 Å². The van der Waals surface area contributed by atoms with Gasteiger partial charge in [0.15, 0.2) is 0 Å². The molecule has 0 aromatic rings. The lowest BCUT2D eigenvalue weighted by molar-refractivity contribution is -0.239. The molecule has 14 fully saturated rings. The fourth-order valence-corrected chi connectivity index (χ4v) is 18.2. The Morgan fingerprint density at radius 3 is 0.863 bits per heavy atom. The van der Waals surface area contributed by atoms with Gasteiger partial charge < -0.3 is 49.7 Å². The van der Waals surface area contributed by atoms with Crippen LogP contribution >= 0.6 is 0 Å². The molecule has 0 heterocycles. The lowest BCUT2D eigenvalue weighted by Crippen LogP contribution is -2.62. The number of primary amides is 1. The molecule has 1 amide bonds. The molecule has 14 rings (SSSR count). The van der Waals surface area contributed by atoms with E-state index >= 15 is 0 Å². The van der Waals surface area contributed by atoms with E-state index in [9.17, 15) is 37.2 Å². The number of methoxy groups -OCH3 is 2. The minimum absolute atomic E-state index is 0.0464. The summed E-state index contributed by atoms with van der Waals surface area (Å²) in [5.74, 6) is 2.80. The fourth-order valence-electron chi connectivity index (χ4n) is 18.2. The number of aliphatic hydroxyl groups is 1. The predicted octanol–water partition coefficient (Wildman–Crippen LogP) is 16.2. The number of esters is 5. The second-order valence-corrected chi connectivity index (χ2v) is 37.6. The van der Waals surface area contributed by atoms with E-state index in [-0.39, 0.29) is 82.3 Å². The average molecular weight is 1460 g/mol. The third-order valence-corrected chi connectivity index (χ3v) is 24.8. The van der Waals surface area contributed by atoms with Gasteiger partial charge in [-0.05, 0) is 233 Å². The molecular weight excluding hydrogens is 1320 g/mol. The molecule has 592 valence electrons. The molecule has 14 saturated carbocycles. The summed E-state index contributed by atoms with van der Waals surface area (Å²) in [6, 6.07) is 1.75. The summed E-state index contributed by atoms with van der Waals surface area (Å²) in [4.78, 5) is 71.4. The van der Waals surface area contributed by atoms with Crippen LogP contribution in [0.5, 0.6) is 0 Å². The number of nitrogens with zero attached hydrogens (tertiary/aromatic N) is 1. The molecule has 20 nitrogen and oxygen atoms in total. The number of amides is 1. The maximum Gasteiger partial charge on any atom is 0.312 e. The Hall–Kier alpha value is -3.94. The van der Waals surface area contributed by atoms with Crippen LogP contribution in [0, 0.1) is 79.3 Å². The number of rotatable bonds is 19. The first-order chi connectivity index (χ1) is 47.3. The molecule has 14 aliphatic rings. The normalized spacial score (nSPS) is 31.0. The van der Waals surface area contributed by atoms with Gasteiger partial charge in [0.05, 0.1) is 90.2 Å². The lowest BCUT2D eigenvalue weighted by atomic mass is 9.47. The molecule has 6 atom stereocenters. The second kappa shape index (κ2) is 39.8. The van der Waals surface area contributed by atoms with Gasteiger partial charge in [0, 0.05) is 26.2 Å². The van der Waals surface area contributed by atoms with Crippen molar-refractivity contribution in [3.8, 4) is 6.07 Å². The molecule has 12 bridgehead atoms. The van der Waals surface area contributed by atoms with E-state index in [0.717, 1.165) is 128 Å². The Balaban J connectivity index is 0.000000319. The summed E-state index contributed by atoms with van der Waals surface area (Å²) in [6.07, 6.45) is 40.9. The topological polar surface area (TPSA) is 323 Å². The minimum Gasteiger partial charge on any atom is -0.469 e. The first-order valence-corrected chi connectivity index (χ1v) is 41.3. The van der Waals surface area contributed by atoms with Crippen LogP contribution in [-0.4, -0.2) is 118 Å². The van der Waals surface area contributed by atoms with Crippen molar-refractivity contribution in [3.05, 3.63) is 0 Å². The van der Waals surface area contributed by atoms with Crippen LogP contribution in [-0.2, 0) is 71.9 Å². The average Bonchev–Trinajstić information content (AvgIpc) is 0.735. The summed E-state index contributed by atoms with van der Waals surface area (Å²) in [5.41, 5.74) is 7.74. The van der Waals surface area contributed by atoms with Crippen LogP contribution in [0.4, 0.5) is 0 Å². The zero-order chi connectivity index (χ0) is 77.5. The van der Waals surface area contributed by atoms with Gasteiger partial charge in [-0.15, -0.1) is 0 Å². The van der Waals surface area contributed by atoms with Gasteiger partial charge in [-0.1, -0.05) is 112 Å². The number of hydrogen-bond donors (Lipinski definition) is 4. The highest BCUT2D eigenvalue weighted by molar-refractivity contribution is 7.88. The monoisotopic (exact) mass is 1460 g/mol. The molecule has 0 aromatic carbocycles. The van der Waals surface area contributed by atoms with Crippen LogP contribution in [0.15, 0.2) is 0 Å². The summed E-state index contributed by atoms with van der Waals surface area (Å²) in [5, 5.41) is 20.8. The van der Waals surface area contributed by atoms with Crippen LogP contribution < -0.4 is 16.6 Å². The van der Waals surface area contributed by atoms with Crippen LogP contribution in [0.1, 0.15) is 336 Å². The SMILES string of the molecule is C1CCCCC1.C1CCCCC1.CC#N.CCC(C)(C)C(=O)OC.CCC(C)(C)C(=O)OC.CCC(C)(C)C(=O)OC12CC3CC(C1)CC(C(N)=O)(C3)C2.CCC(C)(C)C(=O)OC12CC3CC(CC(OCCO)(C3)C1)C2.CCC(C)(C)C(=O)OC12CC3CC(CC(OCN)(C3)C1)C2.CS(N)(=O)=O. The van der Waals surface area contributed by atoms with Crippen molar-refractivity contribution >= 4 is 45.8 Å². The molecule has 0 spiro atoms. The Labute approximate surface area is 618 Å². The highest BCUT2D eigenvalue weighted by atomic mass is 32.2. The van der Waals surface area contributed by atoms with Crippen molar-refractivity contribution in [3.63, 3.8) is 0 Å². The van der Waals surface area contributed by atoms with Crippen molar-refractivity contribution in [2.75, 3.05) is 40.4 Å². The van der Waals surface area contributed by atoms with E-state index in [2.05, 4.69) is 14.6 Å². The molecular formula is C81H146N4O16S. The van der Waals surface area contributed by atoms with Gasteiger partial charge in [0.1, 0.15) is 16.8 Å². The number of ether oxygens (including phenoxy) is 7. The number of carbonyl (C=O) groups excluding carboxylic acids is 6. The zero-order valence-electron chi connectivity index (χ0n) is 67.5. The van der Waals surface area contributed by atoms with E-state index in [1.54, 1.807) is 6.07 Å². The first kappa shape index (κ1) is 92.3. The van der Waals surface area contributed by atoms with Crippen LogP contribution in [0.3, 0.4) is 0 Å². The van der Waals surface area contributed by atoms with E-state index < -0.39 is 37.3 Å². The number of primary sulfonamides is 1.